The number of pyridine rings is 1. The molecule has 0 radical (unpaired) electrons. The number of hydrogen-bond donors (Lipinski definition) is 1. The molecule has 0 aliphatic carbocycles. The van der Waals surface area contributed by atoms with E-state index in [1.54, 1.807) is 6.20 Å². The van der Waals surface area contributed by atoms with Gasteiger partial charge in [-0.25, -0.2) is 4.98 Å². The van der Waals surface area contributed by atoms with Crippen LogP contribution in [-0.2, 0) is 4.79 Å². The first kappa shape index (κ1) is 15.5. The van der Waals surface area contributed by atoms with Crippen LogP contribution in [0.15, 0.2) is 29.8 Å². The van der Waals surface area contributed by atoms with E-state index in [1.807, 2.05) is 42.4 Å². The smallest absolute Gasteiger partial charge is 0.240 e. The average Bonchev–Trinajstić information content (AvgIpc) is 3.19. The first-order valence-electron chi connectivity index (χ1n) is 7.17. The highest BCUT2D eigenvalue weighted by molar-refractivity contribution is 7.99. The topological polar surface area (TPSA) is 58.1 Å². The lowest BCUT2D eigenvalue weighted by Crippen LogP contribution is -2.37. The highest BCUT2D eigenvalue weighted by atomic mass is 32.2. The van der Waals surface area contributed by atoms with Crippen LogP contribution in [0, 0.1) is 0 Å². The van der Waals surface area contributed by atoms with E-state index in [9.17, 15) is 4.79 Å². The van der Waals surface area contributed by atoms with Crippen LogP contribution in [0.1, 0.15) is 6.42 Å². The summed E-state index contributed by atoms with van der Waals surface area (Å²) in [7, 11) is 2.01. The van der Waals surface area contributed by atoms with Crippen molar-refractivity contribution in [1.82, 2.24) is 14.9 Å². The quantitative estimate of drug-likeness (QED) is 0.911. The summed E-state index contributed by atoms with van der Waals surface area (Å²) in [5, 5.41) is 5.42. The van der Waals surface area contributed by atoms with Gasteiger partial charge in [0.05, 0.1) is 12.2 Å². The summed E-state index contributed by atoms with van der Waals surface area (Å²) in [6, 6.07) is 6.22. The number of thiazole rings is 1. The molecule has 1 fully saturated rings. The van der Waals surface area contributed by atoms with Gasteiger partial charge in [0.15, 0.2) is 5.13 Å². The van der Waals surface area contributed by atoms with Gasteiger partial charge in [-0.3, -0.25) is 14.7 Å². The molecule has 2 aromatic heterocycles. The molecule has 0 saturated carbocycles. The summed E-state index contributed by atoms with van der Waals surface area (Å²) in [4.78, 5) is 22.9. The number of nitrogens with one attached hydrogen (secondary N) is 1. The Morgan fingerprint density at radius 1 is 1.45 bits per heavy atom. The third kappa shape index (κ3) is 3.85. The lowest BCUT2D eigenvalue weighted by molar-refractivity contribution is -0.117. The van der Waals surface area contributed by atoms with Crippen molar-refractivity contribution in [2.24, 2.45) is 0 Å². The summed E-state index contributed by atoms with van der Waals surface area (Å²) in [5.74, 6) is 2.29. The van der Waals surface area contributed by atoms with E-state index in [0.717, 1.165) is 23.6 Å². The van der Waals surface area contributed by atoms with Gasteiger partial charge in [-0.2, -0.15) is 11.8 Å². The molecule has 1 saturated heterocycles. The molecule has 3 rings (SSSR count). The molecule has 7 heteroatoms. The summed E-state index contributed by atoms with van der Waals surface area (Å²) >= 11 is 3.38. The van der Waals surface area contributed by atoms with Crippen LogP contribution in [0.5, 0.6) is 0 Å². The first-order chi connectivity index (χ1) is 10.7. The molecule has 22 heavy (non-hydrogen) atoms. The largest absolute Gasteiger partial charge is 0.301 e. The summed E-state index contributed by atoms with van der Waals surface area (Å²) in [5.41, 5.74) is 1.61. The molecule has 1 unspecified atom stereocenters. The van der Waals surface area contributed by atoms with Gasteiger partial charge in [-0.05, 0) is 31.4 Å². The molecule has 1 atom stereocenters. The number of amides is 1. The maximum absolute atomic E-state index is 12.1. The zero-order valence-corrected chi connectivity index (χ0v) is 14.0. The molecule has 5 nitrogen and oxygen atoms in total. The SMILES string of the molecule is CN(CC(=O)Nc1nc(-c2ccccn2)cs1)C1CCSC1. The number of nitrogens with zero attached hydrogens (tertiary/aromatic N) is 3. The Bertz CT molecular complexity index is 625. The van der Waals surface area contributed by atoms with Crippen LogP contribution in [0.4, 0.5) is 5.13 Å². The van der Waals surface area contributed by atoms with Crippen molar-refractivity contribution in [2.75, 3.05) is 30.4 Å². The Morgan fingerprint density at radius 2 is 2.36 bits per heavy atom. The fourth-order valence-corrected chi connectivity index (χ4v) is 4.37. The number of thioether (sulfide) groups is 1. The number of carbonyl (C=O) groups is 1. The molecule has 0 aromatic carbocycles. The monoisotopic (exact) mass is 334 g/mol. The van der Waals surface area contributed by atoms with Gasteiger partial charge in [0.2, 0.25) is 5.91 Å². The van der Waals surface area contributed by atoms with Gasteiger partial charge in [0, 0.05) is 23.4 Å². The highest BCUT2D eigenvalue weighted by Gasteiger charge is 2.21. The van der Waals surface area contributed by atoms with Crippen LogP contribution in [-0.4, -0.2) is 51.9 Å². The van der Waals surface area contributed by atoms with Crippen molar-refractivity contribution in [3.8, 4) is 11.4 Å². The minimum Gasteiger partial charge on any atom is -0.301 e. The standard InChI is InChI=1S/C15H18N4OS2/c1-19(11-5-7-21-9-11)8-14(20)18-15-17-13(10-22-15)12-4-2-3-6-16-12/h2-4,6,10-11H,5,7-9H2,1H3,(H,17,18,20). The van der Waals surface area contributed by atoms with Crippen LogP contribution in [0.2, 0.25) is 0 Å². The highest BCUT2D eigenvalue weighted by Crippen LogP contribution is 2.24. The van der Waals surface area contributed by atoms with E-state index in [4.69, 9.17) is 0 Å². The number of aromatic nitrogens is 2. The van der Waals surface area contributed by atoms with Gasteiger partial charge >= 0.3 is 0 Å². The number of rotatable bonds is 5. The fourth-order valence-electron chi connectivity index (χ4n) is 2.35. The molecule has 1 aliphatic heterocycles. The van der Waals surface area contributed by atoms with E-state index < -0.39 is 0 Å². The normalized spacial score (nSPS) is 17.8. The zero-order valence-electron chi connectivity index (χ0n) is 12.4. The fraction of sp³-hybridized carbons (Fsp3) is 0.400. The molecule has 1 amide bonds. The van der Waals surface area contributed by atoms with Crippen molar-refractivity contribution in [1.29, 1.82) is 0 Å². The maximum Gasteiger partial charge on any atom is 0.240 e. The number of hydrogen-bond acceptors (Lipinski definition) is 6. The van der Waals surface area contributed by atoms with Crippen molar-refractivity contribution >= 4 is 34.1 Å². The Labute approximate surface area is 138 Å². The van der Waals surface area contributed by atoms with Gasteiger partial charge < -0.3 is 5.32 Å². The predicted octanol–water partition coefficient (Wildman–Crippen LogP) is 2.58. The molecule has 2 aromatic rings. The summed E-state index contributed by atoms with van der Waals surface area (Å²) in [6.07, 6.45) is 2.90. The van der Waals surface area contributed by atoms with Gasteiger partial charge in [0.25, 0.3) is 0 Å². The Morgan fingerprint density at radius 3 is 3.09 bits per heavy atom. The second kappa shape index (κ2) is 7.21. The van der Waals surface area contributed by atoms with Crippen molar-refractivity contribution in [2.45, 2.75) is 12.5 Å². The first-order valence-corrected chi connectivity index (χ1v) is 9.20. The van der Waals surface area contributed by atoms with Crippen LogP contribution in [0.3, 0.4) is 0 Å². The predicted molar refractivity (Wildman–Crippen MR) is 92.3 cm³/mol. The van der Waals surface area contributed by atoms with E-state index in [-0.39, 0.29) is 5.91 Å². The van der Waals surface area contributed by atoms with Crippen molar-refractivity contribution < 1.29 is 4.79 Å². The van der Waals surface area contributed by atoms with E-state index >= 15 is 0 Å². The lowest BCUT2D eigenvalue weighted by atomic mass is 10.2. The Hall–Kier alpha value is -1.44. The minimum absolute atomic E-state index is 0.0127. The van der Waals surface area contributed by atoms with E-state index in [1.165, 1.54) is 17.1 Å². The molecule has 1 aliphatic rings. The third-order valence-corrected chi connectivity index (χ3v) is 5.50. The molecular weight excluding hydrogens is 316 g/mol. The van der Waals surface area contributed by atoms with Crippen LogP contribution < -0.4 is 5.32 Å². The molecule has 3 heterocycles. The zero-order chi connectivity index (χ0) is 15.4. The lowest BCUT2D eigenvalue weighted by Gasteiger charge is -2.22. The second-order valence-electron chi connectivity index (χ2n) is 5.23. The number of likely N-dealkylation sites (N-methyl/N-ethyl adjacent to an activating group) is 1. The minimum atomic E-state index is -0.0127. The number of anilines is 1. The van der Waals surface area contributed by atoms with Gasteiger partial charge in [0.1, 0.15) is 5.69 Å². The van der Waals surface area contributed by atoms with Gasteiger partial charge in [-0.15, -0.1) is 11.3 Å². The van der Waals surface area contributed by atoms with Crippen molar-refractivity contribution in [3.05, 3.63) is 29.8 Å². The van der Waals surface area contributed by atoms with Crippen molar-refractivity contribution in [3.63, 3.8) is 0 Å². The summed E-state index contributed by atoms with van der Waals surface area (Å²) < 4.78 is 0. The molecular formula is C15H18N4OS2. The van der Waals surface area contributed by atoms with E-state index in [0.29, 0.717) is 17.7 Å². The van der Waals surface area contributed by atoms with E-state index in [2.05, 4.69) is 20.2 Å². The summed E-state index contributed by atoms with van der Waals surface area (Å²) in [6.45, 7) is 0.406. The molecule has 0 bridgehead atoms. The van der Waals surface area contributed by atoms with Gasteiger partial charge in [-0.1, -0.05) is 6.07 Å². The number of carbonyl (C=O) groups excluding carboxylic acids is 1. The molecule has 0 spiro atoms. The molecule has 116 valence electrons. The second-order valence-corrected chi connectivity index (χ2v) is 7.24. The third-order valence-electron chi connectivity index (χ3n) is 3.60. The van der Waals surface area contributed by atoms with Crippen LogP contribution in [0.25, 0.3) is 11.4 Å². The van der Waals surface area contributed by atoms with Crippen LogP contribution >= 0.6 is 23.1 Å². The molecule has 1 N–H and O–H groups in total. The Balaban J connectivity index is 1.57. The average molecular weight is 334 g/mol. The maximum atomic E-state index is 12.1. The Kier molecular flexibility index (Phi) is 5.07.